The summed E-state index contributed by atoms with van der Waals surface area (Å²) >= 11 is 0. The normalized spacial score (nSPS) is 26.6. The highest BCUT2D eigenvalue weighted by Crippen LogP contribution is 2.35. The predicted molar refractivity (Wildman–Crippen MR) is 60.6 cm³/mol. The molecular formula is C13H16FNO. The number of hydrogen-bond acceptors (Lipinski definition) is 2. The van der Waals surface area contributed by atoms with Gasteiger partial charge in [0.2, 0.25) is 0 Å². The molecule has 0 amide bonds. The van der Waals surface area contributed by atoms with Gasteiger partial charge >= 0.3 is 0 Å². The molecule has 2 rings (SSSR count). The Balaban J connectivity index is 2.50. The van der Waals surface area contributed by atoms with Crippen LogP contribution in [0.15, 0.2) is 24.2 Å². The molecule has 2 nitrogen and oxygen atoms in total. The summed E-state index contributed by atoms with van der Waals surface area (Å²) < 4.78 is 21.3. The quantitative estimate of drug-likeness (QED) is 0.832. The molecule has 0 bridgehead atoms. The maximum absolute atomic E-state index is 13.9. The van der Waals surface area contributed by atoms with Crippen molar-refractivity contribution in [3.63, 3.8) is 0 Å². The molecule has 1 aliphatic rings. The topological polar surface area (TPSA) is 29.1 Å². The van der Waals surface area contributed by atoms with Crippen molar-refractivity contribution in [1.29, 1.82) is 0 Å². The largest absolute Gasteiger partial charge is 0.304 e. The lowest BCUT2D eigenvalue weighted by Gasteiger charge is -2.36. The van der Waals surface area contributed by atoms with Crippen LogP contribution in [0.5, 0.6) is 0 Å². The summed E-state index contributed by atoms with van der Waals surface area (Å²) in [6.07, 6.45) is 2.90. The Bertz CT molecular complexity index is 449. The molecule has 0 spiro atoms. The molecule has 1 N–H and O–H groups in total. The van der Waals surface area contributed by atoms with Crippen molar-refractivity contribution in [3.05, 3.63) is 35.6 Å². The number of Topliss-reactive ketones (excluding diaryl/α,β-unsaturated/α-hetero) is 1. The third-order valence-corrected chi connectivity index (χ3v) is 3.38. The van der Waals surface area contributed by atoms with Crippen molar-refractivity contribution in [3.8, 4) is 0 Å². The van der Waals surface area contributed by atoms with Gasteiger partial charge in [-0.05, 0) is 26.0 Å². The predicted octanol–water partition coefficient (Wildman–Crippen LogP) is 2.38. The van der Waals surface area contributed by atoms with E-state index in [-0.39, 0.29) is 11.8 Å². The molecule has 1 aromatic carbocycles. The summed E-state index contributed by atoms with van der Waals surface area (Å²) in [5.41, 5.74) is -0.517. The SMILES string of the molecule is [2H]c1ccc(C2(NC)CCCCC2=O)c(F)c1. The van der Waals surface area contributed by atoms with Gasteiger partial charge in [0.05, 0.1) is 1.37 Å². The fourth-order valence-electron chi connectivity index (χ4n) is 2.47. The van der Waals surface area contributed by atoms with Crippen LogP contribution in [0.3, 0.4) is 0 Å². The van der Waals surface area contributed by atoms with E-state index in [1.807, 2.05) is 0 Å². The summed E-state index contributed by atoms with van der Waals surface area (Å²) in [5.74, 6) is -0.426. The minimum atomic E-state index is -0.893. The first-order valence-corrected chi connectivity index (χ1v) is 5.59. The second kappa shape index (κ2) is 4.34. The van der Waals surface area contributed by atoms with Crippen LogP contribution in [0.2, 0.25) is 0 Å². The molecule has 86 valence electrons. The highest BCUT2D eigenvalue weighted by molar-refractivity contribution is 5.90. The fraction of sp³-hybridized carbons (Fsp3) is 0.462. The monoisotopic (exact) mass is 222 g/mol. The molecule has 1 unspecified atom stereocenters. The molecule has 1 aromatic rings. The zero-order valence-electron chi connectivity index (χ0n) is 10.3. The number of rotatable bonds is 2. The number of hydrogen-bond donors (Lipinski definition) is 1. The summed E-state index contributed by atoms with van der Waals surface area (Å²) in [7, 11) is 1.69. The molecule has 0 radical (unpaired) electrons. The molecule has 1 aliphatic carbocycles. The molecule has 0 heterocycles. The second-order valence-corrected chi connectivity index (χ2v) is 4.19. The average molecular weight is 222 g/mol. The van der Waals surface area contributed by atoms with E-state index in [1.54, 1.807) is 13.1 Å². The van der Waals surface area contributed by atoms with E-state index in [1.165, 1.54) is 6.07 Å². The van der Waals surface area contributed by atoms with E-state index < -0.39 is 11.4 Å². The first-order valence-electron chi connectivity index (χ1n) is 6.09. The van der Waals surface area contributed by atoms with Crippen LogP contribution >= 0.6 is 0 Å². The first kappa shape index (κ1) is 9.97. The van der Waals surface area contributed by atoms with Gasteiger partial charge in [-0.25, -0.2) is 4.39 Å². The van der Waals surface area contributed by atoms with Crippen LogP contribution < -0.4 is 5.32 Å². The third-order valence-electron chi connectivity index (χ3n) is 3.38. The Kier molecular flexibility index (Phi) is 2.70. The number of ketones is 1. The minimum absolute atomic E-state index is 0.0443. The lowest BCUT2D eigenvalue weighted by Crippen LogP contribution is -2.49. The van der Waals surface area contributed by atoms with Crippen molar-refractivity contribution in [2.45, 2.75) is 31.2 Å². The fourth-order valence-corrected chi connectivity index (χ4v) is 2.47. The van der Waals surface area contributed by atoms with Gasteiger partial charge in [0, 0.05) is 12.0 Å². The van der Waals surface area contributed by atoms with Crippen molar-refractivity contribution in [1.82, 2.24) is 5.32 Å². The standard InChI is InChI=1S/C13H16FNO/c1-15-13(9-5-4-8-12(13)16)10-6-2-3-7-11(10)14/h2-3,6-7,15H,4-5,8-9H2,1H3/i3D. The number of carbonyl (C=O) groups excluding carboxylic acids is 1. The maximum atomic E-state index is 13.9. The van der Waals surface area contributed by atoms with Gasteiger partial charge < -0.3 is 5.32 Å². The van der Waals surface area contributed by atoms with Crippen LogP contribution in [0, 0.1) is 5.82 Å². The molecule has 0 aliphatic heterocycles. The number of benzene rings is 1. The molecule has 1 atom stereocenters. The van der Waals surface area contributed by atoms with Crippen LogP contribution in [0.25, 0.3) is 0 Å². The summed E-state index contributed by atoms with van der Waals surface area (Å²) in [6.45, 7) is 0. The lowest BCUT2D eigenvalue weighted by atomic mass is 9.75. The van der Waals surface area contributed by atoms with E-state index >= 15 is 0 Å². The zero-order chi connectivity index (χ0) is 12.5. The first-order chi connectivity index (χ1) is 8.10. The third kappa shape index (κ3) is 1.65. The Morgan fingerprint density at radius 1 is 1.50 bits per heavy atom. The molecule has 1 fully saturated rings. The Morgan fingerprint density at radius 3 is 2.94 bits per heavy atom. The van der Waals surface area contributed by atoms with Crippen molar-refractivity contribution in [2.24, 2.45) is 0 Å². The number of halogens is 1. The molecule has 0 aromatic heterocycles. The van der Waals surface area contributed by atoms with Gasteiger partial charge in [-0.3, -0.25) is 4.79 Å². The zero-order valence-corrected chi connectivity index (χ0v) is 9.35. The highest BCUT2D eigenvalue weighted by Gasteiger charge is 2.41. The Labute approximate surface area is 96.3 Å². The molecule has 0 saturated heterocycles. The van der Waals surface area contributed by atoms with Crippen LogP contribution in [-0.2, 0) is 10.3 Å². The van der Waals surface area contributed by atoms with Crippen LogP contribution in [-0.4, -0.2) is 12.8 Å². The number of likely N-dealkylation sites (N-methyl/N-ethyl adjacent to an activating group) is 1. The van der Waals surface area contributed by atoms with Crippen LogP contribution in [0.4, 0.5) is 4.39 Å². The van der Waals surface area contributed by atoms with Crippen molar-refractivity contribution in [2.75, 3.05) is 7.05 Å². The number of nitrogens with one attached hydrogen (secondary N) is 1. The van der Waals surface area contributed by atoms with E-state index in [0.717, 1.165) is 18.9 Å². The summed E-state index contributed by atoms with van der Waals surface area (Å²) in [6, 6.07) is 4.37. The van der Waals surface area contributed by atoms with E-state index in [9.17, 15) is 9.18 Å². The van der Waals surface area contributed by atoms with E-state index in [2.05, 4.69) is 5.32 Å². The minimum Gasteiger partial charge on any atom is -0.304 e. The molecule has 3 heteroatoms. The maximum Gasteiger partial charge on any atom is 0.157 e. The van der Waals surface area contributed by atoms with Gasteiger partial charge in [-0.1, -0.05) is 24.6 Å². The average Bonchev–Trinajstić information content (AvgIpc) is 2.31. The van der Waals surface area contributed by atoms with E-state index in [0.29, 0.717) is 18.4 Å². The van der Waals surface area contributed by atoms with Gasteiger partial charge in [0.15, 0.2) is 5.78 Å². The second-order valence-electron chi connectivity index (χ2n) is 4.19. The molecular weight excluding hydrogens is 205 g/mol. The smallest absolute Gasteiger partial charge is 0.157 e. The lowest BCUT2D eigenvalue weighted by molar-refractivity contribution is -0.127. The Morgan fingerprint density at radius 2 is 2.31 bits per heavy atom. The van der Waals surface area contributed by atoms with Crippen LogP contribution in [0.1, 0.15) is 32.6 Å². The van der Waals surface area contributed by atoms with Crippen molar-refractivity contribution < 1.29 is 10.6 Å². The summed E-state index contributed by atoms with van der Waals surface area (Å²) in [4.78, 5) is 12.1. The summed E-state index contributed by atoms with van der Waals surface area (Å²) in [5, 5.41) is 2.99. The number of carbonyl (C=O) groups is 1. The van der Waals surface area contributed by atoms with Gasteiger partial charge in [0.1, 0.15) is 11.4 Å². The highest BCUT2D eigenvalue weighted by atomic mass is 19.1. The molecule has 1 saturated carbocycles. The van der Waals surface area contributed by atoms with Gasteiger partial charge in [-0.15, -0.1) is 0 Å². The molecule has 16 heavy (non-hydrogen) atoms. The van der Waals surface area contributed by atoms with Crippen molar-refractivity contribution >= 4 is 5.78 Å². The van der Waals surface area contributed by atoms with Gasteiger partial charge in [-0.2, -0.15) is 0 Å². The van der Waals surface area contributed by atoms with Gasteiger partial charge in [0.25, 0.3) is 0 Å². The Hall–Kier alpha value is -1.22. The van der Waals surface area contributed by atoms with E-state index in [4.69, 9.17) is 1.37 Å².